The summed E-state index contributed by atoms with van der Waals surface area (Å²) in [4.78, 5) is 11.2. The zero-order chi connectivity index (χ0) is 17.8. The number of aromatic nitrogens is 2. The monoisotopic (exact) mass is 349 g/mol. The van der Waals surface area contributed by atoms with Crippen molar-refractivity contribution in [2.45, 2.75) is 6.92 Å². The van der Waals surface area contributed by atoms with E-state index in [1.165, 1.54) is 5.56 Å². The molecule has 134 valence electrons. The van der Waals surface area contributed by atoms with Crippen LogP contribution >= 0.6 is 0 Å². The van der Waals surface area contributed by atoms with E-state index >= 15 is 0 Å². The summed E-state index contributed by atoms with van der Waals surface area (Å²) in [5.41, 5.74) is 3.24. The smallest absolute Gasteiger partial charge is 0.162 e. The van der Waals surface area contributed by atoms with Gasteiger partial charge < -0.3 is 15.0 Å². The molecule has 0 aliphatic carbocycles. The molecule has 0 amide bonds. The average molecular weight is 349 g/mol. The number of fused-ring (bicyclic) bond motifs is 1. The molecule has 1 aromatic heterocycles. The Kier molecular flexibility index (Phi) is 5.09. The Morgan fingerprint density at radius 1 is 1.04 bits per heavy atom. The molecule has 0 atom stereocenters. The van der Waals surface area contributed by atoms with Gasteiger partial charge >= 0.3 is 0 Å². The lowest BCUT2D eigenvalue weighted by Gasteiger charge is -2.23. The highest BCUT2D eigenvalue weighted by Crippen LogP contribution is 2.25. The molecule has 0 bridgehead atoms. The number of nitrogens with one attached hydrogen (secondary N) is 2. The van der Waals surface area contributed by atoms with E-state index in [2.05, 4.69) is 48.6 Å². The first-order valence-corrected chi connectivity index (χ1v) is 9.28. The Labute approximate surface area is 154 Å². The van der Waals surface area contributed by atoms with E-state index < -0.39 is 0 Å². The van der Waals surface area contributed by atoms with Gasteiger partial charge in [0, 0.05) is 10.9 Å². The molecule has 5 heteroatoms. The summed E-state index contributed by atoms with van der Waals surface area (Å²) in [5.74, 6) is 1.69. The summed E-state index contributed by atoms with van der Waals surface area (Å²) in [7, 11) is 0. The van der Waals surface area contributed by atoms with Gasteiger partial charge in [0.25, 0.3) is 0 Å². The largest absolute Gasteiger partial charge is 0.370 e. The van der Waals surface area contributed by atoms with E-state index in [-0.39, 0.29) is 0 Å². The summed E-state index contributed by atoms with van der Waals surface area (Å²) in [6.45, 7) is 7.95. The zero-order valence-corrected chi connectivity index (χ0v) is 15.2. The quantitative estimate of drug-likeness (QED) is 0.739. The fraction of sp³-hybridized carbons (Fsp3) is 0.333. The van der Waals surface area contributed by atoms with Crippen LogP contribution in [0.15, 0.2) is 48.5 Å². The van der Waals surface area contributed by atoms with Crippen LogP contribution in [0.4, 0.5) is 5.82 Å². The minimum atomic E-state index is 0.772. The van der Waals surface area contributed by atoms with E-state index in [0.29, 0.717) is 0 Å². The Hall–Kier alpha value is -2.50. The third kappa shape index (κ3) is 3.84. The van der Waals surface area contributed by atoms with Gasteiger partial charge in [-0.15, -0.1) is 0 Å². The second-order valence-corrected chi connectivity index (χ2v) is 6.82. The van der Waals surface area contributed by atoms with Crippen molar-refractivity contribution in [3.8, 4) is 11.4 Å². The normalized spacial score (nSPS) is 15.3. The van der Waals surface area contributed by atoms with Crippen LogP contribution < -0.4 is 10.2 Å². The van der Waals surface area contributed by atoms with E-state index in [1.54, 1.807) is 4.90 Å². The van der Waals surface area contributed by atoms with Crippen molar-refractivity contribution >= 4 is 16.7 Å². The molecule has 4 rings (SSSR count). The lowest BCUT2D eigenvalue weighted by Crippen LogP contribution is -3.14. The molecule has 26 heavy (non-hydrogen) atoms. The van der Waals surface area contributed by atoms with Gasteiger partial charge in [-0.05, 0) is 25.1 Å². The van der Waals surface area contributed by atoms with Gasteiger partial charge in [0.1, 0.15) is 18.9 Å². The molecule has 0 saturated carbocycles. The van der Waals surface area contributed by atoms with Crippen LogP contribution in [0, 0.1) is 6.92 Å². The van der Waals surface area contributed by atoms with Gasteiger partial charge in [0.15, 0.2) is 5.82 Å². The average Bonchev–Trinajstić information content (AvgIpc) is 2.68. The highest BCUT2D eigenvalue weighted by molar-refractivity contribution is 5.90. The van der Waals surface area contributed by atoms with Gasteiger partial charge in [0.05, 0.1) is 31.8 Å². The number of hydrogen-bond acceptors (Lipinski definition) is 4. The minimum absolute atomic E-state index is 0.772. The molecule has 1 fully saturated rings. The van der Waals surface area contributed by atoms with E-state index in [9.17, 15) is 0 Å². The fourth-order valence-corrected chi connectivity index (χ4v) is 3.39. The summed E-state index contributed by atoms with van der Waals surface area (Å²) < 4.78 is 5.43. The van der Waals surface area contributed by atoms with Crippen molar-refractivity contribution in [1.82, 2.24) is 9.97 Å². The van der Waals surface area contributed by atoms with Crippen LogP contribution in [-0.4, -0.2) is 49.4 Å². The van der Waals surface area contributed by atoms with Gasteiger partial charge in [-0.25, -0.2) is 9.97 Å². The molecule has 5 nitrogen and oxygen atoms in total. The van der Waals surface area contributed by atoms with Crippen molar-refractivity contribution in [1.29, 1.82) is 0 Å². The highest BCUT2D eigenvalue weighted by atomic mass is 16.5. The predicted molar refractivity (Wildman–Crippen MR) is 105 cm³/mol. The van der Waals surface area contributed by atoms with Crippen LogP contribution in [0.1, 0.15) is 5.56 Å². The summed E-state index contributed by atoms with van der Waals surface area (Å²) in [5, 5.41) is 4.62. The molecular formula is C21H25N4O+. The lowest BCUT2D eigenvalue weighted by molar-refractivity contribution is -0.906. The number of para-hydroxylation sites is 1. The SMILES string of the molecule is Cc1cccc(-c2nc(NCC[NH+]3CCOCC3)c3ccccc3n2)c1. The standard InChI is InChI=1S/C21H24N4O/c1-16-5-4-6-17(15-16)20-23-19-8-3-2-7-18(19)21(24-20)22-9-10-25-11-13-26-14-12-25/h2-8,15H,9-14H2,1H3,(H,22,23,24)/p+1. The van der Waals surface area contributed by atoms with E-state index in [0.717, 1.165) is 67.5 Å². The van der Waals surface area contributed by atoms with Gasteiger partial charge in [-0.3, -0.25) is 0 Å². The predicted octanol–water partition coefficient (Wildman–Crippen LogP) is 1.93. The van der Waals surface area contributed by atoms with Crippen molar-refractivity contribution in [2.75, 3.05) is 44.7 Å². The van der Waals surface area contributed by atoms with Crippen LogP contribution in [0.25, 0.3) is 22.3 Å². The van der Waals surface area contributed by atoms with Crippen LogP contribution in [0.3, 0.4) is 0 Å². The molecular weight excluding hydrogens is 324 g/mol. The lowest BCUT2D eigenvalue weighted by atomic mass is 10.1. The van der Waals surface area contributed by atoms with E-state index in [1.807, 2.05) is 12.1 Å². The van der Waals surface area contributed by atoms with Crippen molar-refractivity contribution in [2.24, 2.45) is 0 Å². The molecule has 0 unspecified atom stereocenters. The van der Waals surface area contributed by atoms with Crippen molar-refractivity contribution < 1.29 is 9.64 Å². The van der Waals surface area contributed by atoms with E-state index in [4.69, 9.17) is 14.7 Å². The molecule has 1 saturated heterocycles. The molecule has 2 aromatic carbocycles. The number of morpholine rings is 1. The maximum absolute atomic E-state index is 5.43. The van der Waals surface area contributed by atoms with Crippen molar-refractivity contribution in [3.63, 3.8) is 0 Å². The number of aryl methyl sites for hydroxylation is 1. The third-order valence-electron chi connectivity index (χ3n) is 4.85. The first-order chi connectivity index (χ1) is 12.8. The molecule has 0 spiro atoms. The molecule has 1 aliphatic heterocycles. The third-order valence-corrected chi connectivity index (χ3v) is 4.85. The highest BCUT2D eigenvalue weighted by Gasteiger charge is 2.14. The molecule has 3 aromatic rings. The Bertz CT molecular complexity index is 890. The second kappa shape index (κ2) is 7.81. The number of nitrogens with zero attached hydrogens (tertiary/aromatic N) is 2. The van der Waals surface area contributed by atoms with Gasteiger partial charge in [-0.1, -0.05) is 35.9 Å². The number of ether oxygens (including phenoxy) is 1. The number of anilines is 1. The van der Waals surface area contributed by atoms with Crippen LogP contribution in [-0.2, 0) is 4.74 Å². The number of rotatable bonds is 5. The summed E-state index contributed by atoms with van der Waals surface area (Å²) in [6, 6.07) is 16.5. The Morgan fingerprint density at radius 3 is 2.73 bits per heavy atom. The Balaban J connectivity index is 1.59. The van der Waals surface area contributed by atoms with Crippen LogP contribution in [0.2, 0.25) is 0 Å². The Morgan fingerprint density at radius 2 is 1.88 bits per heavy atom. The van der Waals surface area contributed by atoms with Crippen LogP contribution in [0.5, 0.6) is 0 Å². The first kappa shape index (κ1) is 16.9. The zero-order valence-electron chi connectivity index (χ0n) is 15.2. The topological polar surface area (TPSA) is 51.5 Å². The molecule has 2 heterocycles. The maximum Gasteiger partial charge on any atom is 0.162 e. The second-order valence-electron chi connectivity index (χ2n) is 6.82. The molecule has 2 N–H and O–H groups in total. The number of benzene rings is 2. The first-order valence-electron chi connectivity index (χ1n) is 9.28. The minimum Gasteiger partial charge on any atom is -0.370 e. The molecule has 0 radical (unpaired) electrons. The number of quaternary nitrogens is 1. The van der Waals surface area contributed by atoms with Gasteiger partial charge in [-0.2, -0.15) is 0 Å². The fourth-order valence-electron chi connectivity index (χ4n) is 3.39. The maximum atomic E-state index is 5.43. The van der Waals surface area contributed by atoms with Crippen molar-refractivity contribution in [3.05, 3.63) is 54.1 Å². The summed E-state index contributed by atoms with van der Waals surface area (Å²) >= 11 is 0. The number of hydrogen-bond donors (Lipinski definition) is 2. The van der Waals surface area contributed by atoms with Gasteiger partial charge in [0.2, 0.25) is 0 Å². The summed E-state index contributed by atoms with van der Waals surface area (Å²) in [6.07, 6.45) is 0. The molecule has 1 aliphatic rings.